The molecule has 18 heavy (non-hydrogen) atoms. The van der Waals surface area contributed by atoms with Crippen molar-refractivity contribution >= 4 is 5.97 Å². The number of methoxy groups -OCH3 is 1. The molecule has 0 amide bonds. The molecular weight excluding hydrogens is 230 g/mol. The van der Waals surface area contributed by atoms with E-state index in [0.717, 1.165) is 49.1 Å². The summed E-state index contributed by atoms with van der Waals surface area (Å²) in [5.74, 6) is 0.662. The summed E-state index contributed by atoms with van der Waals surface area (Å²) in [6.07, 6.45) is 6.68. The Balaban J connectivity index is 2.08. The third-order valence-electron chi connectivity index (χ3n) is 3.21. The zero-order chi connectivity index (χ0) is 12.8. The van der Waals surface area contributed by atoms with Crippen molar-refractivity contribution in [2.75, 3.05) is 7.11 Å². The molecule has 0 atom stereocenters. The summed E-state index contributed by atoms with van der Waals surface area (Å²) in [5.41, 5.74) is 1.80. The molecule has 0 bridgehead atoms. The van der Waals surface area contributed by atoms with Crippen molar-refractivity contribution < 1.29 is 13.9 Å². The number of esters is 1. The molecule has 4 heteroatoms. The topological polar surface area (TPSA) is 51.5 Å². The summed E-state index contributed by atoms with van der Waals surface area (Å²) in [7, 11) is 1.43. The van der Waals surface area contributed by atoms with Gasteiger partial charge in [-0.2, -0.15) is 0 Å². The standard InChI is InChI=1S/C14H19NO3/c1-17-14(16)12-7-3-2-4-8-13(12)15-10-11-6-5-9-18-11/h5-6,9,15H,2-4,7-8,10H2,1H3. The van der Waals surface area contributed by atoms with E-state index < -0.39 is 0 Å². The maximum atomic E-state index is 11.7. The maximum absolute atomic E-state index is 11.7. The third-order valence-corrected chi connectivity index (χ3v) is 3.21. The number of hydrogen-bond donors (Lipinski definition) is 1. The van der Waals surface area contributed by atoms with Gasteiger partial charge in [-0.15, -0.1) is 0 Å². The Morgan fingerprint density at radius 3 is 2.94 bits per heavy atom. The molecule has 2 rings (SSSR count). The van der Waals surface area contributed by atoms with Gasteiger partial charge in [-0.05, 0) is 37.8 Å². The lowest BCUT2D eigenvalue weighted by molar-refractivity contribution is -0.136. The van der Waals surface area contributed by atoms with Crippen LogP contribution in [0.2, 0.25) is 0 Å². The molecule has 0 fully saturated rings. The monoisotopic (exact) mass is 249 g/mol. The van der Waals surface area contributed by atoms with Gasteiger partial charge in [0.15, 0.2) is 0 Å². The summed E-state index contributed by atoms with van der Waals surface area (Å²) in [6, 6.07) is 3.78. The van der Waals surface area contributed by atoms with Gasteiger partial charge in [0.1, 0.15) is 5.76 Å². The van der Waals surface area contributed by atoms with E-state index in [1.165, 1.54) is 7.11 Å². The van der Waals surface area contributed by atoms with Gasteiger partial charge >= 0.3 is 5.97 Å². The van der Waals surface area contributed by atoms with Crippen LogP contribution in [0.3, 0.4) is 0 Å². The van der Waals surface area contributed by atoms with Gasteiger partial charge in [0, 0.05) is 5.70 Å². The summed E-state index contributed by atoms with van der Waals surface area (Å²) < 4.78 is 10.1. The number of furan rings is 1. The number of nitrogens with one attached hydrogen (secondary N) is 1. The minimum atomic E-state index is -0.209. The first-order valence-corrected chi connectivity index (χ1v) is 6.38. The Hall–Kier alpha value is -1.71. The van der Waals surface area contributed by atoms with Gasteiger partial charge in [0.25, 0.3) is 0 Å². The Morgan fingerprint density at radius 2 is 2.22 bits per heavy atom. The summed E-state index contributed by atoms with van der Waals surface area (Å²) in [5, 5.41) is 3.31. The first kappa shape index (κ1) is 12.7. The predicted octanol–water partition coefficient (Wildman–Crippen LogP) is 2.76. The highest BCUT2D eigenvalue weighted by molar-refractivity contribution is 5.89. The van der Waals surface area contributed by atoms with Crippen LogP contribution < -0.4 is 5.32 Å². The van der Waals surface area contributed by atoms with Crippen LogP contribution in [-0.4, -0.2) is 13.1 Å². The second kappa shape index (κ2) is 6.28. The molecule has 1 heterocycles. The first-order valence-electron chi connectivity index (χ1n) is 6.38. The zero-order valence-corrected chi connectivity index (χ0v) is 10.7. The fourth-order valence-corrected chi connectivity index (χ4v) is 2.23. The van der Waals surface area contributed by atoms with Crippen LogP contribution in [0.4, 0.5) is 0 Å². The summed E-state index contributed by atoms with van der Waals surface area (Å²) in [4.78, 5) is 11.7. The van der Waals surface area contributed by atoms with E-state index in [1.807, 2.05) is 12.1 Å². The Bertz CT molecular complexity index is 420. The minimum absolute atomic E-state index is 0.209. The Labute approximate surface area is 107 Å². The molecular formula is C14H19NO3. The van der Waals surface area contributed by atoms with Crippen molar-refractivity contribution in [3.8, 4) is 0 Å². The lowest BCUT2D eigenvalue weighted by Crippen LogP contribution is -2.18. The highest BCUT2D eigenvalue weighted by Gasteiger charge is 2.18. The average molecular weight is 249 g/mol. The summed E-state index contributed by atoms with van der Waals surface area (Å²) in [6.45, 7) is 0.614. The van der Waals surface area contributed by atoms with Crippen molar-refractivity contribution in [2.45, 2.75) is 38.6 Å². The molecule has 98 valence electrons. The van der Waals surface area contributed by atoms with Gasteiger partial charge in [-0.1, -0.05) is 6.42 Å². The average Bonchev–Trinajstić information content (AvgIpc) is 2.80. The first-order chi connectivity index (χ1) is 8.81. The molecule has 1 aliphatic carbocycles. The quantitative estimate of drug-likeness (QED) is 0.834. The van der Waals surface area contributed by atoms with Crippen molar-refractivity contribution in [3.05, 3.63) is 35.4 Å². The molecule has 0 saturated heterocycles. The smallest absolute Gasteiger partial charge is 0.335 e. The fourth-order valence-electron chi connectivity index (χ4n) is 2.23. The maximum Gasteiger partial charge on any atom is 0.335 e. The van der Waals surface area contributed by atoms with E-state index in [-0.39, 0.29) is 5.97 Å². The Kier molecular flexibility index (Phi) is 4.45. The molecule has 1 aromatic heterocycles. The van der Waals surface area contributed by atoms with Gasteiger partial charge in [0.2, 0.25) is 0 Å². The van der Waals surface area contributed by atoms with Gasteiger partial charge < -0.3 is 14.5 Å². The number of carbonyl (C=O) groups excluding carboxylic acids is 1. The van der Waals surface area contributed by atoms with E-state index in [2.05, 4.69) is 5.32 Å². The van der Waals surface area contributed by atoms with E-state index >= 15 is 0 Å². The fraction of sp³-hybridized carbons (Fsp3) is 0.500. The lowest BCUT2D eigenvalue weighted by atomic mass is 10.1. The molecule has 0 aromatic carbocycles. The van der Waals surface area contributed by atoms with Crippen LogP contribution >= 0.6 is 0 Å². The predicted molar refractivity (Wildman–Crippen MR) is 67.7 cm³/mol. The lowest BCUT2D eigenvalue weighted by Gasteiger charge is -2.12. The molecule has 1 aromatic rings. The number of hydrogen-bond acceptors (Lipinski definition) is 4. The molecule has 0 radical (unpaired) electrons. The third kappa shape index (κ3) is 3.15. The van der Waals surface area contributed by atoms with Gasteiger partial charge in [0.05, 0.1) is 25.5 Å². The molecule has 1 N–H and O–H groups in total. The molecule has 0 aliphatic heterocycles. The largest absolute Gasteiger partial charge is 0.467 e. The van der Waals surface area contributed by atoms with Crippen LogP contribution in [-0.2, 0) is 16.1 Å². The summed E-state index contributed by atoms with van der Waals surface area (Å²) >= 11 is 0. The van der Waals surface area contributed by atoms with Crippen LogP contribution in [0.15, 0.2) is 34.1 Å². The highest BCUT2D eigenvalue weighted by atomic mass is 16.5. The Morgan fingerprint density at radius 1 is 1.39 bits per heavy atom. The molecule has 0 spiro atoms. The van der Waals surface area contributed by atoms with Crippen LogP contribution in [0.1, 0.15) is 37.9 Å². The molecule has 4 nitrogen and oxygen atoms in total. The van der Waals surface area contributed by atoms with Crippen LogP contribution in [0.5, 0.6) is 0 Å². The number of ether oxygens (including phenoxy) is 1. The molecule has 1 aliphatic rings. The highest BCUT2D eigenvalue weighted by Crippen LogP contribution is 2.23. The molecule has 0 unspecified atom stereocenters. The van der Waals surface area contributed by atoms with Crippen molar-refractivity contribution in [1.29, 1.82) is 0 Å². The van der Waals surface area contributed by atoms with E-state index in [0.29, 0.717) is 6.54 Å². The van der Waals surface area contributed by atoms with Gasteiger partial charge in [-0.25, -0.2) is 4.79 Å². The molecule has 0 saturated carbocycles. The second-order valence-corrected chi connectivity index (χ2v) is 4.44. The van der Waals surface area contributed by atoms with Gasteiger partial charge in [-0.3, -0.25) is 0 Å². The van der Waals surface area contributed by atoms with E-state index in [9.17, 15) is 4.79 Å². The van der Waals surface area contributed by atoms with Crippen molar-refractivity contribution in [3.63, 3.8) is 0 Å². The number of rotatable bonds is 4. The van der Waals surface area contributed by atoms with Crippen molar-refractivity contribution in [2.24, 2.45) is 0 Å². The van der Waals surface area contributed by atoms with Crippen molar-refractivity contribution in [1.82, 2.24) is 5.32 Å². The normalized spacial score (nSPS) is 16.3. The van der Waals surface area contributed by atoms with E-state index in [1.54, 1.807) is 6.26 Å². The van der Waals surface area contributed by atoms with E-state index in [4.69, 9.17) is 9.15 Å². The zero-order valence-electron chi connectivity index (χ0n) is 10.7. The number of carbonyl (C=O) groups is 1. The SMILES string of the molecule is COC(=O)C1=C(NCc2ccco2)CCCCC1. The number of allylic oxidation sites excluding steroid dienone is 1. The second-order valence-electron chi connectivity index (χ2n) is 4.44. The minimum Gasteiger partial charge on any atom is -0.467 e. The van der Waals surface area contributed by atoms with Crippen LogP contribution in [0, 0.1) is 0 Å². The van der Waals surface area contributed by atoms with Crippen LogP contribution in [0.25, 0.3) is 0 Å².